The number of nitrogens with zero attached hydrogens (tertiary/aromatic N) is 5. The maximum absolute atomic E-state index is 12.8. The van der Waals surface area contributed by atoms with E-state index in [9.17, 15) is 25.0 Å². The molecule has 3 aromatic carbocycles. The number of fused-ring (bicyclic) bond motifs is 1. The van der Waals surface area contributed by atoms with Crippen LogP contribution in [-0.4, -0.2) is 31.5 Å². The fourth-order valence-electron chi connectivity index (χ4n) is 4.03. The van der Waals surface area contributed by atoms with Crippen molar-refractivity contribution in [3.05, 3.63) is 110 Å². The highest BCUT2D eigenvalue weighted by molar-refractivity contribution is 8.01. The summed E-state index contributed by atoms with van der Waals surface area (Å²) in [6, 6.07) is 19.9. The van der Waals surface area contributed by atoms with Gasteiger partial charge in [-0.3, -0.25) is 19.7 Å². The molecule has 13 heteroatoms. The number of hydrogen-bond acceptors (Lipinski definition) is 9. The molecule has 0 fully saturated rings. The van der Waals surface area contributed by atoms with Gasteiger partial charge in [-0.15, -0.1) is 11.3 Å². The van der Waals surface area contributed by atoms with E-state index in [1.165, 1.54) is 23.5 Å². The second-order valence-corrected chi connectivity index (χ2v) is 11.8. The highest BCUT2D eigenvalue weighted by atomic mass is 35.5. The van der Waals surface area contributed by atoms with Gasteiger partial charge in [0.05, 0.1) is 25.7 Å². The molecule has 5 aromatic rings. The van der Waals surface area contributed by atoms with Gasteiger partial charge in [0.15, 0.2) is 4.34 Å². The molecule has 0 saturated carbocycles. The summed E-state index contributed by atoms with van der Waals surface area (Å²) in [6.45, 7) is 3.43. The number of rotatable bonds is 7. The van der Waals surface area contributed by atoms with Gasteiger partial charge in [0.2, 0.25) is 0 Å². The number of nitro groups is 1. The van der Waals surface area contributed by atoms with Crippen LogP contribution in [0.2, 0.25) is 5.02 Å². The average Bonchev–Trinajstić information content (AvgIpc) is 3.52. The van der Waals surface area contributed by atoms with Crippen LogP contribution in [0.15, 0.2) is 81.5 Å². The lowest BCUT2D eigenvalue weighted by molar-refractivity contribution is -0.387. The molecule has 2 aromatic heterocycles. The Morgan fingerprint density at radius 3 is 2.55 bits per heavy atom. The zero-order chi connectivity index (χ0) is 30.0. The Kier molecular flexibility index (Phi) is 8.17. The number of carbonyl (C=O) groups excluding carboxylic acids is 2. The van der Waals surface area contributed by atoms with E-state index < -0.39 is 10.8 Å². The number of halogens is 1. The van der Waals surface area contributed by atoms with Crippen molar-refractivity contribution < 1.29 is 14.5 Å². The monoisotopic (exact) mass is 614 g/mol. The molecule has 2 heterocycles. The zero-order valence-corrected chi connectivity index (χ0v) is 24.4. The first-order valence-electron chi connectivity index (χ1n) is 12.2. The van der Waals surface area contributed by atoms with E-state index in [-0.39, 0.29) is 17.2 Å². The van der Waals surface area contributed by atoms with E-state index in [4.69, 9.17) is 11.6 Å². The van der Waals surface area contributed by atoms with Gasteiger partial charge in [0.1, 0.15) is 11.6 Å². The average molecular weight is 615 g/mol. The maximum atomic E-state index is 12.8. The Morgan fingerprint density at radius 1 is 1.12 bits per heavy atom. The van der Waals surface area contributed by atoms with Crippen molar-refractivity contribution in [3.8, 4) is 6.07 Å². The Morgan fingerprint density at radius 2 is 1.88 bits per heavy atom. The van der Waals surface area contributed by atoms with E-state index >= 15 is 0 Å². The summed E-state index contributed by atoms with van der Waals surface area (Å²) >= 11 is 8.35. The molecule has 42 heavy (non-hydrogen) atoms. The molecule has 0 radical (unpaired) electrons. The Hall–Kier alpha value is -4.83. The number of anilines is 1. The van der Waals surface area contributed by atoms with Crippen molar-refractivity contribution in [1.82, 2.24) is 14.8 Å². The summed E-state index contributed by atoms with van der Waals surface area (Å²) in [7, 11) is 0. The predicted molar refractivity (Wildman–Crippen MR) is 162 cm³/mol. The fourth-order valence-corrected chi connectivity index (χ4v) is 6.31. The van der Waals surface area contributed by atoms with Crippen molar-refractivity contribution in [2.24, 2.45) is 0 Å². The number of amides is 1. The van der Waals surface area contributed by atoms with Crippen LogP contribution in [-0.2, 0) is 0 Å². The largest absolute Gasteiger partial charge is 0.322 e. The Labute approximate surface area is 252 Å². The number of hydrogen-bond donors (Lipinski definition) is 1. The molecule has 5 rings (SSSR count). The summed E-state index contributed by atoms with van der Waals surface area (Å²) in [5.74, 6) is -0.909. The van der Waals surface area contributed by atoms with Crippen LogP contribution in [0.4, 0.5) is 11.4 Å². The van der Waals surface area contributed by atoms with Gasteiger partial charge in [0, 0.05) is 28.0 Å². The molecule has 0 unspecified atom stereocenters. The molecule has 0 aliphatic rings. The molecule has 0 atom stereocenters. The number of nitriles is 1. The molecule has 0 bridgehead atoms. The summed E-state index contributed by atoms with van der Waals surface area (Å²) in [6.07, 6.45) is 1.30. The topological polar surface area (TPSA) is 144 Å². The minimum Gasteiger partial charge on any atom is -0.322 e. The van der Waals surface area contributed by atoms with Gasteiger partial charge in [-0.05, 0) is 80.1 Å². The second-order valence-electron chi connectivity index (χ2n) is 9.02. The van der Waals surface area contributed by atoms with Crippen LogP contribution in [0.3, 0.4) is 0 Å². The van der Waals surface area contributed by atoms with E-state index in [0.717, 1.165) is 21.1 Å². The molecule has 10 nitrogen and oxygen atoms in total. The first kappa shape index (κ1) is 28.7. The summed E-state index contributed by atoms with van der Waals surface area (Å²) in [5, 5.41) is 29.0. The first-order valence-corrected chi connectivity index (χ1v) is 14.3. The summed E-state index contributed by atoms with van der Waals surface area (Å²) in [4.78, 5) is 41.7. The van der Waals surface area contributed by atoms with Crippen molar-refractivity contribution in [2.75, 3.05) is 5.32 Å². The number of aryl methyl sites for hydroxylation is 2. The predicted octanol–water partition coefficient (Wildman–Crippen LogP) is 7.32. The summed E-state index contributed by atoms with van der Waals surface area (Å²) < 4.78 is 2.48. The number of thiazole rings is 1. The quantitative estimate of drug-likeness (QED) is 0.0868. The molecule has 0 aliphatic heterocycles. The molecule has 0 saturated heterocycles. The third-order valence-corrected chi connectivity index (χ3v) is 8.37. The number of aromatic nitrogens is 3. The molecule has 208 valence electrons. The molecule has 0 spiro atoms. The van der Waals surface area contributed by atoms with Crippen LogP contribution < -0.4 is 5.32 Å². The lowest BCUT2D eigenvalue weighted by Crippen LogP contribution is -2.15. The number of nitrogens with one attached hydrogen (secondary N) is 1. The van der Waals surface area contributed by atoms with Gasteiger partial charge in [-0.2, -0.15) is 10.4 Å². The highest BCUT2D eigenvalue weighted by Crippen LogP contribution is 2.40. The van der Waals surface area contributed by atoms with E-state index in [0.29, 0.717) is 48.0 Å². The van der Waals surface area contributed by atoms with Crippen LogP contribution >= 0.6 is 34.7 Å². The lowest BCUT2D eigenvalue weighted by Gasteiger charge is -2.05. The molecule has 1 N–H and O–H groups in total. The number of allylic oxidation sites excluding steroid dienone is 1. The third-order valence-electron chi connectivity index (χ3n) is 5.97. The lowest BCUT2D eigenvalue weighted by atomic mass is 10.1. The van der Waals surface area contributed by atoms with Gasteiger partial charge in [0.25, 0.3) is 17.5 Å². The normalized spacial score (nSPS) is 11.3. The second kappa shape index (κ2) is 12.0. The van der Waals surface area contributed by atoms with Crippen LogP contribution in [0.5, 0.6) is 0 Å². The van der Waals surface area contributed by atoms with Gasteiger partial charge in [-0.25, -0.2) is 9.67 Å². The fraction of sp³-hybridized carbons (Fsp3) is 0.0690. The van der Waals surface area contributed by atoms with Crippen LogP contribution in [0.25, 0.3) is 16.3 Å². The maximum Gasteiger partial charge on any atom is 0.289 e. The van der Waals surface area contributed by atoms with Crippen molar-refractivity contribution >= 4 is 74.2 Å². The summed E-state index contributed by atoms with van der Waals surface area (Å²) in [5.41, 5.74) is 2.84. The minimum absolute atomic E-state index is 0.195. The third kappa shape index (κ3) is 6.23. The molecular weight excluding hydrogens is 596 g/mol. The smallest absolute Gasteiger partial charge is 0.289 e. The number of benzene rings is 3. The van der Waals surface area contributed by atoms with Crippen LogP contribution in [0, 0.1) is 35.3 Å². The van der Waals surface area contributed by atoms with E-state index in [1.54, 1.807) is 74.5 Å². The van der Waals surface area contributed by atoms with Gasteiger partial charge in [-0.1, -0.05) is 29.4 Å². The van der Waals surface area contributed by atoms with E-state index in [2.05, 4.69) is 15.4 Å². The molecule has 1 amide bonds. The molecular formula is C29H19ClN6O4S2. The van der Waals surface area contributed by atoms with Gasteiger partial charge < -0.3 is 5.32 Å². The van der Waals surface area contributed by atoms with Gasteiger partial charge >= 0.3 is 0 Å². The first-order chi connectivity index (χ1) is 20.1. The van der Waals surface area contributed by atoms with Crippen molar-refractivity contribution in [3.63, 3.8) is 0 Å². The number of carbonyl (C=O) groups is 2. The van der Waals surface area contributed by atoms with Crippen molar-refractivity contribution in [2.45, 2.75) is 23.1 Å². The molecule has 0 aliphatic carbocycles. The minimum atomic E-state index is -0.623. The highest BCUT2D eigenvalue weighted by Gasteiger charge is 2.20. The Bertz CT molecular complexity index is 1960. The Balaban J connectivity index is 1.37. The van der Waals surface area contributed by atoms with E-state index in [1.807, 2.05) is 6.07 Å². The number of nitro benzene ring substituents is 1. The standard InChI is InChI=1S/C29H19ClN6O4S2/c1-16-11-17(2)35(34-16)28(38)20(15-31)12-18-3-10-25(24(13-18)36(39)40)41-29-33-23-9-8-22(14-26(23)42-29)32-27(37)19-4-6-21(30)7-5-19/h3-14H,1-2H3,(H,32,37)/b20-12+. The SMILES string of the molecule is Cc1cc(C)n(C(=O)/C(C#N)=C/c2ccc(Sc3nc4ccc(NC(=O)c5ccc(Cl)cc5)cc4s3)c([N+](=O)[O-])c2)n1. The zero-order valence-electron chi connectivity index (χ0n) is 22.0. The van der Waals surface area contributed by atoms with Crippen LogP contribution in [0.1, 0.15) is 32.1 Å². The van der Waals surface area contributed by atoms with Crippen molar-refractivity contribution in [1.29, 1.82) is 5.26 Å².